The van der Waals surface area contributed by atoms with Gasteiger partial charge in [0.25, 0.3) is 0 Å². The first-order valence-electron chi connectivity index (χ1n) is 4.59. The van der Waals surface area contributed by atoms with E-state index in [1.807, 2.05) is 30.3 Å². The van der Waals surface area contributed by atoms with Crippen molar-refractivity contribution in [2.24, 2.45) is 10.7 Å². The van der Waals surface area contributed by atoms with Crippen LogP contribution in [0.25, 0.3) is 0 Å². The minimum atomic E-state index is -0.129. The molecule has 0 radical (unpaired) electrons. The fourth-order valence-corrected chi connectivity index (χ4v) is 1.06. The fraction of sp³-hybridized carbons (Fsp3) is 0.200. The van der Waals surface area contributed by atoms with Gasteiger partial charge in [-0.1, -0.05) is 30.3 Å². The molecule has 1 aromatic rings. The summed E-state index contributed by atoms with van der Waals surface area (Å²) >= 11 is 0. The lowest BCUT2D eigenvalue weighted by atomic mass is 10.2. The highest BCUT2D eigenvalue weighted by atomic mass is 15.2. The Morgan fingerprint density at radius 2 is 2.07 bits per heavy atom. The van der Waals surface area contributed by atoms with Crippen LogP contribution in [0.2, 0.25) is 0 Å². The van der Waals surface area contributed by atoms with Crippen LogP contribution in [-0.2, 0) is 6.54 Å². The third-order valence-corrected chi connectivity index (χ3v) is 1.75. The van der Waals surface area contributed by atoms with Crippen molar-refractivity contribution < 1.29 is 0 Å². The molecule has 80 valence electrons. The topological polar surface area (TPSA) is 86.3 Å². The van der Waals surface area contributed by atoms with Gasteiger partial charge in [0, 0.05) is 7.05 Å². The fourth-order valence-electron chi connectivity index (χ4n) is 1.06. The van der Waals surface area contributed by atoms with Crippen LogP contribution in [0.4, 0.5) is 0 Å². The van der Waals surface area contributed by atoms with Crippen LogP contribution in [0.1, 0.15) is 5.56 Å². The highest BCUT2D eigenvalue weighted by Gasteiger charge is 1.95. The van der Waals surface area contributed by atoms with Crippen LogP contribution in [0.15, 0.2) is 35.3 Å². The maximum atomic E-state index is 7.06. The zero-order valence-corrected chi connectivity index (χ0v) is 8.62. The Hall–Kier alpha value is -2.04. The third kappa shape index (κ3) is 4.12. The van der Waals surface area contributed by atoms with Gasteiger partial charge >= 0.3 is 0 Å². The molecule has 0 atom stereocenters. The minimum absolute atomic E-state index is 0.129. The smallest absolute Gasteiger partial charge is 0.198 e. The lowest BCUT2D eigenvalue weighted by Gasteiger charge is -2.06. The lowest BCUT2D eigenvalue weighted by molar-refractivity contribution is 0.981. The van der Waals surface area contributed by atoms with Crippen molar-refractivity contribution in [2.75, 3.05) is 7.05 Å². The Balaban J connectivity index is 2.58. The first kappa shape index (κ1) is 11.0. The summed E-state index contributed by atoms with van der Waals surface area (Å²) in [6.45, 7) is 0.553. The molecule has 0 aliphatic heterocycles. The van der Waals surface area contributed by atoms with E-state index in [4.69, 9.17) is 11.1 Å². The second kappa shape index (κ2) is 5.64. The van der Waals surface area contributed by atoms with E-state index in [1.54, 1.807) is 7.05 Å². The molecule has 1 rings (SSSR count). The van der Waals surface area contributed by atoms with Gasteiger partial charge in [-0.3, -0.25) is 10.7 Å². The third-order valence-electron chi connectivity index (χ3n) is 1.75. The number of nitrogens with two attached hydrogens (primary N) is 1. The van der Waals surface area contributed by atoms with Crippen molar-refractivity contribution in [3.05, 3.63) is 35.9 Å². The summed E-state index contributed by atoms with van der Waals surface area (Å²) in [6, 6.07) is 9.86. The molecule has 1 aromatic carbocycles. The van der Waals surface area contributed by atoms with Crippen molar-refractivity contribution in [2.45, 2.75) is 6.54 Å². The molecule has 0 heterocycles. The quantitative estimate of drug-likeness (QED) is 0.412. The molecular formula is C10H15N5. The van der Waals surface area contributed by atoms with E-state index >= 15 is 0 Å². The number of nitrogens with one attached hydrogen (secondary N) is 3. The van der Waals surface area contributed by atoms with E-state index in [0.717, 1.165) is 5.56 Å². The predicted octanol–water partition coefficient (Wildman–Crippen LogP) is 0.245. The molecule has 5 N–H and O–H groups in total. The number of aliphatic imine (C=N–C) groups is 1. The van der Waals surface area contributed by atoms with Gasteiger partial charge in [0.1, 0.15) is 0 Å². The minimum Gasteiger partial charge on any atom is -0.370 e. The maximum Gasteiger partial charge on any atom is 0.198 e. The molecule has 0 saturated carbocycles. The van der Waals surface area contributed by atoms with Gasteiger partial charge in [0.2, 0.25) is 0 Å². The molecule has 0 aliphatic rings. The Bertz CT molecular complexity index is 344. The lowest BCUT2D eigenvalue weighted by Crippen LogP contribution is -2.42. The largest absolute Gasteiger partial charge is 0.370 e. The molecule has 15 heavy (non-hydrogen) atoms. The van der Waals surface area contributed by atoms with Gasteiger partial charge in [-0.15, -0.1) is 0 Å². The second-order valence-corrected chi connectivity index (χ2v) is 2.94. The van der Waals surface area contributed by atoms with E-state index in [0.29, 0.717) is 12.5 Å². The highest BCUT2D eigenvalue weighted by Crippen LogP contribution is 1.99. The van der Waals surface area contributed by atoms with Crippen LogP contribution >= 0.6 is 0 Å². The van der Waals surface area contributed by atoms with Crippen LogP contribution < -0.4 is 16.4 Å². The normalized spacial score (nSPS) is 10.9. The summed E-state index contributed by atoms with van der Waals surface area (Å²) in [5, 5.41) is 12.5. The zero-order chi connectivity index (χ0) is 11.1. The molecule has 0 bridgehead atoms. The van der Waals surface area contributed by atoms with Crippen molar-refractivity contribution in [1.82, 2.24) is 10.6 Å². The molecule has 0 aliphatic carbocycles. The number of guanidine groups is 2. The van der Waals surface area contributed by atoms with E-state index in [2.05, 4.69) is 15.6 Å². The van der Waals surface area contributed by atoms with Crippen molar-refractivity contribution >= 4 is 11.9 Å². The number of rotatable bonds is 2. The first-order chi connectivity index (χ1) is 7.22. The van der Waals surface area contributed by atoms with Gasteiger partial charge in [-0.2, -0.15) is 0 Å². The molecule has 0 unspecified atom stereocenters. The Morgan fingerprint density at radius 3 is 2.60 bits per heavy atom. The van der Waals surface area contributed by atoms with E-state index < -0.39 is 0 Å². The number of hydrogen-bond donors (Lipinski definition) is 4. The zero-order valence-electron chi connectivity index (χ0n) is 8.62. The van der Waals surface area contributed by atoms with E-state index in [-0.39, 0.29) is 5.96 Å². The van der Waals surface area contributed by atoms with Gasteiger partial charge in [-0.05, 0) is 5.56 Å². The summed E-state index contributed by atoms with van der Waals surface area (Å²) in [5.41, 5.74) is 6.30. The Morgan fingerprint density at radius 1 is 1.40 bits per heavy atom. The average Bonchev–Trinajstić information content (AvgIpc) is 2.25. The van der Waals surface area contributed by atoms with Crippen LogP contribution in [0.5, 0.6) is 0 Å². The molecule has 0 amide bonds. The van der Waals surface area contributed by atoms with Gasteiger partial charge in [0.05, 0.1) is 6.54 Å². The van der Waals surface area contributed by atoms with Gasteiger partial charge in [-0.25, -0.2) is 4.99 Å². The summed E-state index contributed by atoms with van der Waals surface area (Å²) < 4.78 is 0. The number of benzene rings is 1. The number of nitrogens with zero attached hydrogens (tertiary/aromatic N) is 1. The van der Waals surface area contributed by atoms with Crippen molar-refractivity contribution in [3.63, 3.8) is 0 Å². The van der Waals surface area contributed by atoms with Crippen molar-refractivity contribution in [1.29, 1.82) is 5.41 Å². The second-order valence-electron chi connectivity index (χ2n) is 2.94. The molecule has 0 saturated heterocycles. The predicted molar refractivity (Wildman–Crippen MR) is 61.7 cm³/mol. The summed E-state index contributed by atoms with van der Waals surface area (Å²) in [4.78, 5) is 4.23. The van der Waals surface area contributed by atoms with Gasteiger partial charge < -0.3 is 11.1 Å². The molecule has 0 spiro atoms. The van der Waals surface area contributed by atoms with Crippen molar-refractivity contribution in [3.8, 4) is 0 Å². The van der Waals surface area contributed by atoms with Crippen LogP contribution in [0, 0.1) is 5.41 Å². The molecule has 5 heteroatoms. The first-order valence-corrected chi connectivity index (χ1v) is 4.59. The van der Waals surface area contributed by atoms with Gasteiger partial charge in [0.15, 0.2) is 11.9 Å². The summed E-state index contributed by atoms with van der Waals surface area (Å²) in [6.07, 6.45) is 0. The van der Waals surface area contributed by atoms with E-state index in [1.165, 1.54) is 0 Å². The molecule has 5 nitrogen and oxygen atoms in total. The molecule has 0 fully saturated rings. The monoisotopic (exact) mass is 205 g/mol. The highest BCUT2D eigenvalue weighted by molar-refractivity contribution is 5.96. The van der Waals surface area contributed by atoms with E-state index in [9.17, 15) is 0 Å². The maximum absolute atomic E-state index is 7.06. The summed E-state index contributed by atoms with van der Waals surface area (Å²) in [5.74, 6) is 0.363. The average molecular weight is 205 g/mol. The Kier molecular flexibility index (Phi) is 4.15. The molecular weight excluding hydrogens is 190 g/mol. The standard InChI is InChI=1S/C10H15N5/c1-13-10(15-9(11)12)14-7-8-5-3-2-4-6-8/h2-6H,7H2,1H3,(H5,11,12,13,14,15). The molecule has 0 aromatic heterocycles. The number of hydrogen-bond acceptors (Lipinski definition) is 2. The van der Waals surface area contributed by atoms with Crippen LogP contribution in [-0.4, -0.2) is 19.0 Å². The van der Waals surface area contributed by atoms with Crippen LogP contribution in [0.3, 0.4) is 0 Å². The Labute approximate surface area is 88.9 Å². The summed E-state index contributed by atoms with van der Waals surface area (Å²) in [7, 11) is 1.72. The SMILES string of the molecule is CN/C(=N\Cc1ccccc1)NC(=N)N.